The zero-order valence-corrected chi connectivity index (χ0v) is 9.82. The minimum absolute atomic E-state index is 0.0630. The lowest BCUT2D eigenvalue weighted by Crippen LogP contribution is -2.29. The van der Waals surface area contributed by atoms with Gasteiger partial charge in [0.05, 0.1) is 13.2 Å². The second-order valence-corrected chi connectivity index (χ2v) is 4.00. The Labute approximate surface area is 100 Å². The highest BCUT2D eigenvalue weighted by atomic mass is 35.5. The summed E-state index contributed by atoms with van der Waals surface area (Å²) in [7, 11) is 0. The molecular weight excluding hydrogens is 228 g/mol. The summed E-state index contributed by atoms with van der Waals surface area (Å²) in [6, 6.07) is 5.34. The van der Waals surface area contributed by atoms with Crippen LogP contribution in [0.1, 0.15) is 5.56 Å². The molecule has 5 heteroatoms. The van der Waals surface area contributed by atoms with Crippen LogP contribution in [0.5, 0.6) is 0 Å². The molecule has 0 saturated carbocycles. The van der Waals surface area contributed by atoms with Gasteiger partial charge in [-0.2, -0.15) is 0 Å². The van der Waals surface area contributed by atoms with Crippen molar-refractivity contribution in [3.63, 3.8) is 0 Å². The first kappa shape index (κ1) is 13.3. The standard InChI is InChI=1S/C11H17ClN2O2/c12-10-2-1-9(11(13)7-10)8-14(3-5-15)4-6-16/h1-2,7,15-16H,3-6,8,13H2. The fourth-order valence-corrected chi connectivity index (χ4v) is 1.68. The predicted octanol–water partition coefficient (Wildman–Crippen LogP) is 0.709. The Balaban J connectivity index is 2.68. The monoisotopic (exact) mass is 244 g/mol. The maximum atomic E-state index is 8.88. The lowest BCUT2D eigenvalue weighted by molar-refractivity contribution is 0.156. The van der Waals surface area contributed by atoms with E-state index in [0.717, 1.165) is 5.56 Å². The summed E-state index contributed by atoms with van der Waals surface area (Å²) in [5.74, 6) is 0. The van der Waals surface area contributed by atoms with Crippen molar-refractivity contribution in [2.45, 2.75) is 6.54 Å². The van der Waals surface area contributed by atoms with Gasteiger partial charge >= 0.3 is 0 Å². The highest BCUT2D eigenvalue weighted by molar-refractivity contribution is 6.30. The molecule has 0 amide bonds. The molecule has 0 heterocycles. The van der Waals surface area contributed by atoms with Crippen LogP contribution in [-0.4, -0.2) is 41.4 Å². The molecule has 0 saturated heterocycles. The molecule has 90 valence electrons. The van der Waals surface area contributed by atoms with Crippen LogP contribution in [0.2, 0.25) is 5.02 Å². The normalized spacial score (nSPS) is 11.0. The van der Waals surface area contributed by atoms with Gasteiger partial charge in [0.15, 0.2) is 0 Å². The number of nitrogens with two attached hydrogens (primary N) is 1. The third kappa shape index (κ3) is 3.98. The van der Waals surface area contributed by atoms with E-state index in [-0.39, 0.29) is 13.2 Å². The minimum Gasteiger partial charge on any atom is -0.398 e. The van der Waals surface area contributed by atoms with Crippen LogP contribution >= 0.6 is 11.6 Å². The smallest absolute Gasteiger partial charge is 0.0558 e. The molecule has 0 spiro atoms. The summed E-state index contributed by atoms with van der Waals surface area (Å²) in [6.07, 6.45) is 0. The Morgan fingerprint density at radius 2 is 1.81 bits per heavy atom. The maximum Gasteiger partial charge on any atom is 0.0558 e. The molecule has 1 aromatic rings. The molecular formula is C11H17ClN2O2. The van der Waals surface area contributed by atoms with Crippen molar-refractivity contribution < 1.29 is 10.2 Å². The van der Waals surface area contributed by atoms with E-state index >= 15 is 0 Å². The summed E-state index contributed by atoms with van der Waals surface area (Å²) in [4.78, 5) is 1.93. The summed E-state index contributed by atoms with van der Waals surface area (Å²) in [5.41, 5.74) is 7.41. The average Bonchev–Trinajstić information content (AvgIpc) is 2.23. The summed E-state index contributed by atoms with van der Waals surface area (Å²) < 4.78 is 0. The molecule has 0 unspecified atom stereocenters. The molecule has 4 N–H and O–H groups in total. The highest BCUT2D eigenvalue weighted by Crippen LogP contribution is 2.19. The largest absolute Gasteiger partial charge is 0.398 e. The van der Waals surface area contributed by atoms with Crippen LogP contribution in [-0.2, 0) is 6.54 Å². The van der Waals surface area contributed by atoms with E-state index in [1.54, 1.807) is 12.1 Å². The third-order valence-electron chi connectivity index (χ3n) is 2.33. The van der Waals surface area contributed by atoms with E-state index in [1.807, 2.05) is 11.0 Å². The quantitative estimate of drug-likeness (QED) is 0.645. The van der Waals surface area contributed by atoms with Crippen molar-refractivity contribution in [2.24, 2.45) is 0 Å². The van der Waals surface area contributed by atoms with Gasteiger partial charge in [-0.1, -0.05) is 17.7 Å². The zero-order chi connectivity index (χ0) is 12.0. The zero-order valence-electron chi connectivity index (χ0n) is 9.06. The number of halogens is 1. The van der Waals surface area contributed by atoms with Crippen LogP contribution in [0.15, 0.2) is 18.2 Å². The topological polar surface area (TPSA) is 69.7 Å². The van der Waals surface area contributed by atoms with Gasteiger partial charge in [-0.25, -0.2) is 0 Å². The van der Waals surface area contributed by atoms with Crippen molar-refractivity contribution in [3.05, 3.63) is 28.8 Å². The fourth-order valence-electron chi connectivity index (χ4n) is 1.50. The molecule has 0 aliphatic heterocycles. The van der Waals surface area contributed by atoms with Crippen LogP contribution < -0.4 is 5.73 Å². The number of nitrogen functional groups attached to an aromatic ring is 1. The third-order valence-corrected chi connectivity index (χ3v) is 2.57. The number of aliphatic hydroxyl groups excluding tert-OH is 2. The van der Waals surface area contributed by atoms with E-state index in [0.29, 0.717) is 30.3 Å². The first-order valence-electron chi connectivity index (χ1n) is 5.15. The van der Waals surface area contributed by atoms with Crippen LogP contribution in [0, 0.1) is 0 Å². The molecule has 0 fully saturated rings. The van der Waals surface area contributed by atoms with Crippen molar-refractivity contribution in [1.29, 1.82) is 0 Å². The van der Waals surface area contributed by atoms with E-state index < -0.39 is 0 Å². The second kappa shape index (κ2) is 6.70. The van der Waals surface area contributed by atoms with Crippen LogP contribution in [0.25, 0.3) is 0 Å². The maximum absolute atomic E-state index is 8.88. The number of anilines is 1. The molecule has 1 rings (SSSR count). The summed E-state index contributed by atoms with van der Waals surface area (Å²) in [5, 5.41) is 18.4. The first-order chi connectivity index (χ1) is 7.67. The summed E-state index contributed by atoms with van der Waals surface area (Å²) >= 11 is 5.80. The van der Waals surface area contributed by atoms with Gasteiger partial charge in [-0.15, -0.1) is 0 Å². The first-order valence-corrected chi connectivity index (χ1v) is 5.53. The Bertz CT molecular complexity index is 328. The van der Waals surface area contributed by atoms with Gasteiger partial charge in [0.2, 0.25) is 0 Å². The second-order valence-electron chi connectivity index (χ2n) is 3.57. The molecule has 0 atom stereocenters. The summed E-state index contributed by atoms with van der Waals surface area (Å²) in [6.45, 7) is 1.76. The predicted molar refractivity (Wildman–Crippen MR) is 65.3 cm³/mol. The van der Waals surface area contributed by atoms with Gasteiger partial charge in [0.25, 0.3) is 0 Å². The van der Waals surface area contributed by atoms with E-state index in [1.165, 1.54) is 0 Å². The van der Waals surface area contributed by atoms with Crippen LogP contribution in [0.4, 0.5) is 5.69 Å². The van der Waals surface area contributed by atoms with Crippen molar-refractivity contribution >= 4 is 17.3 Å². The SMILES string of the molecule is Nc1cc(Cl)ccc1CN(CCO)CCO. The molecule has 4 nitrogen and oxygen atoms in total. The van der Waals surface area contributed by atoms with Gasteiger partial charge in [-0.05, 0) is 17.7 Å². The number of rotatable bonds is 6. The van der Waals surface area contributed by atoms with Gasteiger partial charge in [0, 0.05) is 30.3 Å². The molecule has 0 radical (unpaired) electrons. The number of hydrogen-bond acceptors (Lipinski definition) is 4. The van der Waals surface area contributed by atoms with E-state index in [4.69, 9.17) is 27.5 Å². The highest BCUT2D eigenvalue weighted by Gasteiger charge is 2.07. The van der Waals surface area contributed by atoms with Gasteiger partial charge in [-0.3, -0.25) is 4.90 Å². The molecule has 16 heavy (non-hydrogen) atoms. The van der Waals surface area contributed by atoms with Gasteiger partial charge < -0.3 is 15.9 Å². The average molecular weight is 245 g/mol. The lowest BCUT2D eigenvalue weighted by atomic mass is 10.1. The minimum atomic E-state index is 0.0630. The fraction of sp³-hybridized carbons (Fsp3) is 0.455. The number of hydrogen-bond donors (Lipinski definition) is 3. The Hall–Kier alpha value is -0.810. The molecule has 1 aromatic carbocycles. The van der Waals surface area contributed by atoms with Crippen molar-refractivity contribution in [2.75, 3.05) is 32.0 Å². The Morgan fingerprint density at radius 3 is 2.31 bits per heavy atom. The van der Waals surface area contributed by atoms with Gasteiger partial charge in [0.1, 0.15) is 0 Å². The molecule has 0 aromatic heterocycles. The lowest BCUT2D eigenvalue weighted by Gasteiger charge is -2.21. The van der Waals surface area contributed by atoms with Crippen molar-refractivity contribution in [1.82, 2.24) is 4.90 Å². The number of nitrogens with zero attached hydrogens (tertiary/aromatic N) is 1. The number of benzene rings is 1. The van der Waals surface area contributed by atoms with E-state index in [9.17, 15) is 0 Å². The molecule has 0 aliphatic carbocycles. The van der Waals surface area contributed by atoms with Crippen molar-refractivity contribution in [3.8, 4) is 0 Å². The van der Waals surface area contributed by atoms with Crippen LogP contribution in [0.3, 0.4) is 0 Å². The number of aliphatic hydroxyl groups is 2. The van der Waals surface area contributed by atoms with E-state index in [2.05, 4.69) is 0 Å². The Morgan fingerprint density at radius 1 is 1.19 bits per heavy atom. The molecule has 0 bridgehead atoms. The Kier molecular flexibility index (Phi) is 5.55. The molecule has 0 aliphatic rings.